The van der Waals surface area contributed by atoms with E-state index in [1.807, 2.05) is 13.1 Å². The van der Waals surface area contributed by atoms with Gasteiger partial charge in [-0.05, 0) is 30.5 Å². The van der Waals surface area contributed by atoms with Gasteiger partial charge in [0, 0.05) is 20.6 Å². The first-order chi connectivity index (χ1) is 7.76. The molecule has 96 valence electrons. The van der Waals surface area contributed by atoms with Crippen LogP contribution in [-0.4, -0.2) is 26.6 Å². The van der Waals surface area contributed by atoms with Gasteiger partial charge < -0.3 is 10.6 Å². The highest BCUT2D eigenvalue weighted by atomic mass is 127. The molecule has 0 saturated heterocycles. The molecule has 3 nitrogen and oxygen atoms in total. The summed E-state index contributed by atoms with van der Waals surface area (Å²) in [5.74, 6) is 0.607. The average Bonchev–Trinajstić information content (AvgIpc) is 2.29. The number of nitrogens with zero attached hydrogens (tertiary/aromatic N) is 1. The Hall–Kier alpha value is -0.850. The smallest absolute Gasteiger partial charge is 0.190 e. The van der Waals surface area contributed by atoms with E-state index < -0.39 is 0 Å². The molecule has 0 aliphatic carbocycles. The molecule has 0 radical (unpaired) electrons. The zero-order chi connectivity index (χ0) is 11.8. The Morgan fingerprint density at radius 3 is 2.76 bits per heavy atom. The second-order valence-corrected chi connectivity index (χ2v) is 3.48. The lowest BCUT2D eigenvalue weighted by Gasteiger charge is -2.08. The van der Waals surface area contributed by atoms with Crippen LogP contribution in [0.5, 0.6) is 0 Å². The molecule has 2 N–H and O–H groups in total. The fourth-order valence-electron chi connectivity index (χ4n) is 1.47. The summed E-state index contributed by atoms with van der Waals surface area (Å²) < 4.78 is 12.9. The van der Waals surface area contributed by atoms with Crippen molar-refractivity contribution in [3.8, 4) is 0 Å². The Kier molecular flexibility index (Phi) is 8.75. The number of aliphatic imine (C=N–C) groups is 1. The van der Waals surface area contributed by atoms with Crippen LogP contribution in [0.3, 0.4) is 0 Å². The molecule has 0 spiro atoms. The molecule has 0 aliphatic heterocycles. The Labute approximate surface area is 119 Å². The number of halogens is 2. The number of nitrogens with one attached hydrogen (secondary N) is 2. The highest BCUT2D eigenvalue weighted by Crippen LogP contribution is 2.05. The van der Waals surface area contributed by atoms with Crippen LogP contribution in [0.2, 0.25) is 0 Å². The first-order valence-corrected chi connectivity index (χ1v) is 5.39. The SMILES string of the molecule is CN=C(NC)NCCCc1cccc(F)c1.I. The lowest BCUT2D eigenvalue weighted by Crippen LogP contribution is -2.35. The minimum absolute atomic E-state index is 0. The molecule has 0 saturated carbocycles. The summed E-state index contributed by atoms with van der Waals surface area (Å²) >= 11 is 0. The summed E-state index contributed by atoms with van der Waals surface area (Å²) in [4.78, 5) is 4.00. The standard InChI is InChI=1S/C12H18FN3.HI/c1-14-12(15-2)16-8-4-6-10-5-3-7-11(13)9-10;/h3,5,7,9H,4,6,8H2,1-2H3,(H2,14,15,16);1H. The van der Waals surface area contributed by atoms with Crippen molar-refractivity contribution in [2.75, 3.05) is 20.6 Å². The van der Waals surface area contributed by atoms with Gasteiger partial charge in [0.2, 0.25) is 0 Å². The van der Waals surface area contributed by atoms with Crippen LogP contribution in [-0.2, 0) is 6.42 Å². The number of aryl methyl sites for hydroxylation is 1. The zero-order valence-electron chi connectivity index (χ0n) is 10.2. The summed E-state index contributed by atoms with van der Waals surface area (Å²) in [5, 5.41) is 6.09. The Morgan fingerprint density at radius 1 is 1.41 bits per heavy atom. The topological polar surface area (TPSA) is 36.4 Å². The second kappa shape index (κ2) is 9.21. The van der Waals surface area contributed by atoms with E-state index >= 15 is 0 Å². The summed E-state index contributed by atoms with van der Waals surface area (Å²) in [6.45, 7) is 0.823. The lowest BCUT2D eigenvalue weighted by molar-refractivity contribution is 0.624. The summed E-state index contributed by atoms with van der Waals surface area (Å²) in [5.41, 5.74) is 1.03. The van der Waals surface area contributed by atoms with E-state index in [4.69, 9.17) is 0 Å². The molecule has 0 aromatic heterocycles. The summed E-state index contributed by atoms with van der Waals surface area (Å²) in [6, 6.07) is 6.72. The molecule has 0 aliphatic rings. The van der Waals surface area contributed by atoms with Crippen LogP contribution in [0.4, 0.5) is 4.39 Å². The van der Waals surface area contributed by atoms with Gasteiger partial charge in [-0.3, -0.25) is 4.99 Å². The van der Waals surface area contributed by atoms with Crippen molar-refractivity contribution < 1.29 is 4.39 Å². The van der Waals surface area contributed by atoms with Crippen LogP contribution in [0.25, 0.3) is 0 Å². The Balaban J connectivity index is 0.00000256. The van der Waals surface area contributed by atoms with Crippen molar-refractivity contribution in [3.05, 3.63) is 35.6 Å². The van der Waals surface area contributed by atoms with Crippen molar-refractivity contribution in [1.82, 2.24) is 10.6 Å². The minimum Gasteiger partial charge on any atom is -0.359 e. The molecule has 0 fully saturated rings. The maximum absolute atomic E-state index is 12.9. The van der Waals surface area contributed by atoms with E-state index in [1.165, 1.54) is 6.07 Å². The highest BCUT2D eigenvalue weighted by Gasteiger charge is 1.96. The van der Waals surface area contributed by atoms with E-state index in [1.54, 1.807) is 19.2 Å². The predicted molar refractivity (Wildman–Crippen MR) is 80.6 cm³/mol. The molecule has 1 aromatic carbocycles. The van der Waals surface area contributed by atoms with Crippen molar-refractivity contribution in [1.29, 1.82) is 0 Å². The molecule has 0 amide bonds. The summed E-state index contributed by atoms with van der Waals surface area (Å²) in [6.07, 6.45) is 1.82. The maximum atomic E-state index is 12.9. The molecular formula is C12H19FIN3. The van der Waals surface area contributed by atoms with Gasteiger partial charge >= 0.3 is 0 Å². The third-order valence-electron chi connectivity index (χ3n) is 2.28. The monoisotopic (exact) mass is 351 g/mol. The van der Waals surface area contributed by atoms with Crippen LogP contribution in [0, 0.1) is 5.82 Å². The first-order valence-electron chi connectivity index (χ1n) is 5.39. The molecule has 0 atom stereocenters. The number of benzene rings is 1. The third-order valence-corrected chi connectivity index (χ3v) is 2.28. The van der Waals surface area contributed by atoms with Gasteiger partial charge in [-0.1, -0.05) is 12.1 Å². The van der Waals surface area contributed by atoms with Crippen molar-refractivity contribution >= 4 is 29.9 Å². The fourth-order valence-corrected chi connectivity index (χ4v) is 1.47. The van der Waals surface area contributed by atoms with Gasteiger partial charge in [-0.25, -0.2) is 4.39 Å². The van der Waals surface area contributed by atoms with E-state index in [9.17, 15) is 4.39 Å². The van der Waals surface area contributed by atoms with Crippen LogP contribution >= 0.6 is 24.0 Å². The van der Waals surface area contributed by atoms with Gasteiger partial charge in [0.15, 0.2) is 5.96 Å². The molecule has 17 heavy (non-hydrogen) atoms. The molecule has 1 aromatic rings. The van der Waals surface area contributed by atoms with Gasteiger partial charge in [-0.2, -0.15) is 0 Å². The van der Waals surface area contributed by atoms with Crippen molar-refractivity contribution in [3.63, 3.8) is 0 Å². The fraction of sp³-hybridized carbons (Fsp3) is 0.417. The second-order valence-electron chi connectivity index (χ2n) is 3.48. The van der Waals surface area contributed by atoms with Gasteiger partial charge in [0.25, 0.3) is 0 Å². The number of rotatable bonds is 4. The van der Waals surface area contributed by atoms with Gasteiger partial charge in [0.1, 0.15) is 5.82 Å². The molecule has 0 bridgehead atoms. The molecule has 0 heterocycles. The third kappa shape index (κ3) is 6.45. The van der Waals surface area contributed by atoms with Gasteiger partial charge in [-0.15, -0.1) is 24.0 Å². The maximum Gasteiger partial charge on any atom is 0.190 e. The van der Waals surface area contributed by atoms with E-state index in [2.05, 4.69) is 15.6 Å². The van der Waals surface area contributed by atoms with E-state index in [-0.39, 0.29) is 29.8 Å². The normalized spacial score (nSPS) is 10.6. The van der Waals surface area contributed by atoms with E-state index in [0.29, 0.717) is 0 Å². The lowest BCUT2D eigenvalue weighted by atomic mass is 10.1. The largest absolute Gasteiger partial charge is 0.359 e. The minimum atomic E-state index is -0.170. The van der Waals surface area contributed by atoms with Crippen LogP contribution in [0.15, 0.2) is 29.3 Å². The quantitative estimate of drug-likeness (QED) is 0.378. The molecule has 5 heteroatoms. The predicted octanol–water partition coefficient (Wildman–Crippen LogP) is 2.17. The summed E-state index contributed by atoms with van der Waals surface area (Å²) in [7, 11) is 3.55. The molecule has 0 unspecified atom stereocenters. The van der Waals surface area contributed by atoms with Crippen molar-refractivity contribution in [2.24, 2.45) is 4.99 Å². The number of guanidine groups is 1. The zero-order valence-corrected chi connectivity index (χ0v) is 12.5. The molecule has 1 rings (SSSR count). The van der Waals surface area contributed by atoms with Gasteiger partial charge in [0.05, 0.1) is 0 Å². The average molecular weight is 351 g/mol. The number of hydrogen-bond acceptors (Lipinski definition) is 1. The Morgan fingerprint density at radius 2 is 2.18 bits per heavy atom. The number of hydrogen-bond donors (Lipinski definition) is 2. The van der Waals surface area contributed by atoms with Crippen molar-refractivity contribution in [2.45, 2.75) is 12.8 Å². The highest BCUT2D eigenvalue weighted by molar-refractivity contribution is 14.0. The first kappa shape index (κ1) is 16.1. The van der Waals surface area contributed by atoms with E-state index in [0.717, 1.165) is 30.9 Å². The Bertz CT molecular complexity index is 355. The van der Waals surface area contributed by atoms with Crippen LogP contribution < -0.4 is 10.6 Å². The molecular weight excluding hydrogens is 332 g/mol. The van der Waals surface area contributed by atoms with Crippen LogP contribution in [0.1, 0.15) is 12.0 Å².